The first kappa shape index (κ1) is 17.5. The fourth-order valence-corrected chi connectivity index (χ4v) is 1.60. The van der Waals surface area contributed by atoms with Crippen LogP contribution >= 0.6 is 0 Å². The highest BCUT2D eigenvalue weighted by Gasteiger charge is 2.15. The van der Waals surface area contributed by atoms with Gasteiger partial charge in [0, 0.05) is 12.1 Å². The molecule has 120 valence electrons. The molecule has 1 aromatic carbocycles. The van der Waals surface area contributed by atoms with Crippen molar-refractivity contribution >= 4 is 23.8 Å². The van der Waals surface area contributed by atoms with Crippen molar-refractivity contribution in [1.29, 1.82) is 0 Å². The van der Waals surface area contributed by atoms with Crippen LogP contribution < -0.4 is 11.1 Å². The molecule has 0 spiro atoms. The second-order valence-corrected chi connectivity index (χ2v) is 5.55. The van der Waals surface area contributed by atoms with Crippen molar-refractivity contribution in [2.75, 3.05) is 12.3 Å². The number of benzene rings is 1. The molecule has 0 radical (unpaired) electrons. The summed E-state index contributed by atoms with van der Waals surface area (Å²) in [4.78, 5) is 22.3. The van der Waals surface area contributed by atoms with Crippen molar-refractivity contribution in [3.8, 4) is 0 Å². The Kier molecular flexibility index (Phi) is 5.50. The van der Waals surface area contributed by atoms with Crippen LogP contribution in [0.25, 0.3) is 6.08 Å². The molecule has 0 saturated carbocycles. The smallest absolute Gasteiger partial charge is 0.407 e. The number of carbonyl (C=O) groups is 2. The van der Waals surface area contributed by atoms with Crippen LogP contribution in [-0.2, 0) is 4.74 Å². The number of carbonyl (C=O) groups excluding carboxylic acids is 1. The van der Waals surface area contributed by atoms with E-state index >= 15 is 0 Å². The normalized spacial score (nSPS) is 11.5. The molecule has 1 aromatic rings. The number of anilines is 1. The maximum atomic E-state index is 13.3. The summed E-state index contributed by atoms with van der Waals surface area (Å²) in [5, 5.41) is 11.4. The van der Waals surface area contributed by atoms with E-state index in [1.165, 1.54) is 12.2 Å². The summed E-state index contributed by atoms with van der Waals surface area (Å²) in [6, 6.07) is 1.97. The summed E-state index contributed by atoms with van der Waals surface area (Å²) >= 11 is 0. The number of carboxylic acids is 1. The maximum Gasteiger partial charge on any atom is 0.407 e. The molecule has 0 aliphatic rings. The van der Waals surface area contributed by atoms with Gasteiger partial charge in [-0.2, -0.15) is 0 Å². The number of ether oxygens (including phenoxy) is 1. The number of amides is 1. The number of carboxylic acid groups (broad SMARTS) is 1. The fourth-order valence-electron chi connectivity index (χ4n) is 1.60. The minimum absolute atomic E-state index is 0.0394. The number of nitrogens with one attached hydrogen (secondary N) is 1. The van der Waals surface area contributed by atoms with Crippen LogP contribution in [0.3, 0.4) is 0 Å². The Labute approximate surface area is 127 Å². The second kappa shape index (κ2) is 6.93. The lowest BCUT2D eigenvalue weighted by molar-refractivity contribution is 0.0533. The molecule has 0 bridgehead atoms. The van der Waals surface area contributed by atoms with Crippen LogP contribution in [-0.4, -0.2) is 29.3 Å². The van der Waals surface area contributed by atoms with Crippen molar-refractivity contribution in [3.05, 3.63) is 35.2 Å². The number of aromatic carboxylic acids is 1. The molecular weight excluding hydrogens is 291 g/mol. The van der Waals surface area contributed by atoms with E-state index in [0.29, 0.717) is 0 Å². The lowest BCUT2D eigenvalue weighted by atomic mass is 10.1. The molecule has 7 heteroatoms. The first-order chi connectivity index (χ1) is 10.1. The van der Waals surface area contributed by atoms with E-state index in [9.17, 15) is 14.0 Å². The number of hydrogen-bond donors (Lipinski definition) is 3. The Balaban J connectivity index is 2.72. The van der Waals surface area contributed by atoms with Crippen molar-refractivity contribution in [2.45, 2.75) is 26.4 Å². The molecule has 0 saturated heterocycles. The third kappa shape index (κ3) is 5.43. The third-order valence-corrected chi connectivity index (χ3v) is 2.47. The minimum Gasteiger partial charge on any atom is -0.478 e. The van der Waals surface area contributed by atoms with Gasteiger partial charge in [-0.3, -0.25) is 0 Å². The van der Waals surface area contributed by atoms with E-state index in [1.54, 1.807) is 20.8 Å². The van der Waals surface area contributed by atoms with Gasteiger partial charge in [-0.05, 0) is 32.9 Å². The van der Waals surface area contributed by atoms with Gasteiger partial charge in [-0.1, -0.05) is 12.2 Å². The lowest BCUT2D eigenvalue weighted by Crippen LogP contribution is -2.32. The van der Waals surface area contributed by atoms with Crippen LogP contribution in [0, 0.1) is 5.82 Å². The van der Waals surface area contributed by atoms with E-state index in [-0.39, 0.29) is 23.4 Å². The van der Waals surface area contributed by atoms with Crippen LogP contribution in [0.1, 0.15) is 36.7 Å². The van der Waals surface area contributed by atoms with Gasteiger partial charge in [0.1, 0.15) is 11.4 Å². The summed E-state index contributed by atoms with van der Waals surface area (Å²) < 4.78 is 18.4. The maximum absolute atomic E-state index is 13.3. The summed E-state index contributed by atoms with van der Waals surface area (Å²) in [5.41, 5.74) is 4.95. The molecule has 0 atom stereocenters. The number of alkyl carbamates (subject to hydrolysis) is 1. The van der Waals surface area contributed by atoms with Crippen LogP contribution in [0.2, 0.25) is 0 Å². The van der Waals surface area contributed by atoms with E-state index < -0.39 is 23.5 Å². The Hall–Kier alpha value is -2.57. The van der Waals surface area contributed by atoms with Crippen molar-refractivity contribution in [1.82, 2.24) is 5.32 Å². The third-order valence-electron chi connectivity index (χ3n) is 2.47. The van der Waals surface area contributed by atoms with Gasteiger partial charge in [-0.25, -0.2) is 14.0 Å². The first-order valence-electron chi connectivity index (χ1n) is 6.56. The van der Waals surface area contributed by atoms with Gasteiger partial charge in [0.15, 0.2) is 0 Å². The Morgan fingerprint density at radius 3 is 2.59 bits per heavy atom. The molecular formula is C15H19FN2O4. The highest BCUT2D eigenvalue weighted by molar-refractivity contribution is 5.95. The van der Waals surface area contributed by atoms with E-state index in [2.05, 4.69) is 5.32 Å². The average Bonchev–Trinajstić information content (AvgIpc) is 2.35. The SMILES string of the molecule is CC(C)(C)OC(=O)NCC=Cc1cc(F)cc(C(=O)O)c1N. The number of rotatable bonds is 4. The molecule has 4 N–H and O–H groups in total. The molecule has 22 heavy (non-hydrogen) atoms. The molecule has 0 heterocycles. The standard InChI is InChI=1S/C15H19FN2O4/c1-15(2,3)22-14(21)18-6-4-5-9-7-10(16)8-11(12(9)17)13(19)20/h4-5,7-8H,6,17H2,1-3H3,(H,18,21)(H,19,20). The molecule has 1 rings (SSSR count). The highest BCUT2D eigenvalue weighted by Crippen LogP contribution is 2.21. The van der Waals surface area contributed by atoms with Gasteiger partial charge in [-0.15, -0.1) is 0 Å². The first-order valence-corrected chi connectivity index (χ1v) is 6.56. The van der Waals surface area contributed by atoms with Crippen LogP contribution in [0.15, 0.2) is 18.2 Å². The number of nitrogens with two attached hydrogens (primary N) is 1. The molecule has 0 fully saturated rings. The molecule has 0 aromatic heterocycles. The van der Waals surface area contributed by atoms with Gasteiger partial charge in [0.25, 0.3) is 0 Å². The molecule has 0 aliphatic carbocycles. The largest absolute Gasteiger partial charge is 0.478 e. The zero-order chi connectivity index (χ0) is 16.9. The topological polar surface area (TPSA) is 102 Å². The van der Waals surface area contributed by atoms with Crippen LogP contribution in [0.4, 0.5) is 14.9 Å². The Bertz CT molecular complexity index is 606. The van der Waals surface area contributed by atoms with Gasteiger partial charge in [0.2, 0.25) is 0 Å². The minimum atomic E-state index is -1.31. The van der Waals surface area contributed by atoms with Crippen molar-refractivity contribution in [2.24, 2.45) is 0 Å². The predicted molar refractivity (Wildman–Crippen MR) is 81.0 cm³/mol. The Morgan fingerprint density at radius 1 is 1.41 bits per heavy atom. The molecule has 0 aliphatic heterocycles. The highest BCUT2D eigenvalue weighted by atomic mass is 19.1. The average molecular weight is 310 g/mol. The van der Waals surface area contributed by atoms with Crippen molar-refractivity contribution in [3.63, 3.8) is 0 Å². The molecule has 1 amide bonds. The van der Waals surface area contributed by atoms with Gasteiger partial charge in [0.05, 0.1) is 11.3 Å². The fraction of sp³-hybridized carbons (Fsp3) is 0.333. The van der Waals surface area contributed by atoms with Gasteiger partial charge >= 0.3 is 12.1 Å². The second-order valence-electron chi connectivity index (χ2n) is 5.55. The zero-order valence-corrected chi connectivity index (χ0v) is 12.6. The predicted octanol–water partition coefficient (Wildman–Crippen LogP) is 2.64. The Morgan fingerprint density at radius 2 is 2.05 bits per heavy atom. The number of hydrogen-bond acceptors (Lipinski definition) is 4. The zero-order valence-electron chi connectivity index (χ0n) is 12.6. The monoisotopic (exact) mass is 310 g/mol. The van der Waals surface area contributed by atoms with Crippen LogP contribution in [0.5, 0.6) is 0 Å². The lowest BCUT2D eigenvalue weighted by Gasteiger charge is -2.19. The molecule has 6 nitrogen and oxygen atoms in total. The summed E-state index contributed by atoms with van der Waals surface area (Å²) in [7, 11) is 0. The quantitative estimate of drug-likeness (QED) is 0.742. The van der Waals surface area contributed by atoms with Gasteiger partial charge < -0.3 is 20.9 Å². The van der Waals surface area contributed by atoms with E-state index in [4.69, 9.17) is 15.6 Å². The van der Waals surface area contributed by atoms with Crippen molar-refractivity contribution < 1.29 is 23.8 Å². The molecule has 0 unspecified atom stereocenters. The van der Waals surface area contributed by atoms with E-state index in [0.717, 1.165) is 12.1 Å². The number of nitrogen functional groups attached to an aromatic ring is 1. The summed E-state index contributed by atoms with van der Waals surface area (Å²) in [6.07, 6.45) is 2.36. The summed E-state index contributed by atoms with van der Waals surface area (Å²) in [6.45, 7) is 5.35. The summed E-state index contributed by atoms with van der Waals surface area (Å²) in [5.74, 6) is -2.01. The van der Waals surface area contributed by atoms with E-state index in [1.807, 2.05) is 0 Å². The number of halogens is 1.